The predicted molar refractivity (Wildman–Crippen MR) is 38.8 cm³/mol. The molecule has 0 aromatic heterocycles. The topological polar surface area (TPSA) is 75.4 Å². The molecule has 0 saturated carbocycles. The molecule has 0 aromatic rings. The fourth-order valence-corrected chi connectivity index (χ4v) is 1.00. The van der Waals surface area contributed by atoms with Crippen LogP contribution < -0.4 is 11.1 Å². The van der Waals surface area contributed by atoms with E-state index >= 15 is 0 Å². The number of hydrogen-bond acceptors (Lipinski definition) is 3. The summed E-state index contributed by atoms with van der Waals surface area (Å²) in [5.74, 6) is -0.194. The van der Waals surface area contributed by atoms with Gasteiger partial charge in [-0.2, -0.15) is 0 Å². The molecule has 0 radical (unpaired) electrons. The van der Waals surface area contributed by atoms with Crippen molar-refractivity contribution in [3.8, 4) is 0 Å². The zero-order chi connectivity index (χ0) is 8.43. The third kappa shape index (κ3) is 1.32. The number of amides is 3. The van der Waals surface area contributed by atoms with E-state index in [4.69, 9.17) is 5.73 Å². The van der Waals surface area contributed by atoms with Gasteiger partial charge in [0, 0.05) is 7.05 Å². The van der Waals surface area contributed by atoms with E-state index in [1.54, 1.807) is 0 Å². The highest BCUT2D eigenvalue weighted by Gasteiger charge is 2.34. The van der Waals surface area contributed by atoms with Crippen molar-refractivity contribution in [2.75, 3.05) is 13.6 Å². The first kappa shape index (κ1) is 8.00. The monoisotopic (exact) mass is 157 g/mol. The third-order valence-corrected chi connectivity index (χ3v) is 1.69. The van der Waals surface area contributed by atoms with Gasteiger partial charge < -0.3 is 11.1 Å². The van der Waals surface area contributed by atoms with Gasteiger partial charge in [-0.05, 0) is 13.0 Å². The molecule has 0 aromatic carbocycles. The van der Waals surface area contributed by atoms with Crippen molar-refractivity contribution in [1.29, 1.82) is 0 Å². The molecule has 1 aliphatic heterocycles. The Bertz CT molecular complexity index is 192. The van der Waals surface area contributed by atoms with Crippen molar-refractivity contribution in [2.24, 2.45) is 5.73 Å². The van der Waals surface area contributed by atoms with Gasteiger partial charge in [-0.3, -0.25) is 9.69 Å². The van der Waals surface area contributed by atoms with Gasteiger partial charge in [0.25, 0.3) is 5.91 Å². The molecule has 1 heterocycles. The van der Waals surface area contributed by atoms with E-state index in [0.29, 0.717) is 13.0 Å². The van der Waals surface area contributed by atoms with Crippen LogP contribution >= 0.6 is 0 Å². The van der Waals surface area contributed by atoms with Crippen LogP contribution in [-0.2, 0) is 4.79 Å². The molecule has 3 N–H and O–H groups in total. The maximum Gasteiger partial charge on any atom is 0.324 e. The molecule has 5 nitrogen and oxygen atoms in total. The van der Waals surface area contributed by atoms with E-state index in [1.165, 1.54) is 7.05 Å². The lowest BCUT2D eigenvalue weighted by Gasteiger charge is -2.04. The number of carbonyl (C=O) groups is 2. The summed E-state index contributed by atoms with van der Waals surface area (Å²) in [7, 11) is 1.45. The van der Waals surface area contributed by atoms with E-state index < -0.39 is 6.04 Å². The molecule has 1 atom stereocenters. The van der Waals surface area contributed by atoms with Gasteiger partial charge in [-0.1, -0.05) is 0 Å². The molecule has 0 spiro atoms. The van der Waals surface area contributed by atoms with E-state index in [9.17, 15) is 9.59 Å². The lowest BCUT2D eigenvalue weighted by atomic mass is 10.2. The van der Waals surface area contributed by atoms with Gasteiger partial charge in [-0.15, -0.1) is 0 Å². The second kappa shape index (κ2) is 2.87. The first-order valence-electron chi connectivity index (χ1n) is 3.45. The number of nitrogens with two attached hydrogens (primary N) is 1. The Kier molecular flexibility index (Phi) is 2.09. The molecule has 1 saturated heterocycles. The molecule has 3 amide bonds. The third-order valence-electron chi connectivity index (χ3n) is 1.69. The second-order valence-electron chi connectivity index (χ2n) is 2.48. The summed E-state index contributed by atoms with van der Waals surface area (Å²) in [4.78, 5) is 23.0. The fourth-order valence-electron chi connectivity index (χ4n) is 1.00. The zero-order valence-corrected chi connectivity index (χ0v) is 6.33. The minimum absolute atomic E-state index is 0.194. The molecule has 0 bridgehead atoms. The predicted octanol–water partition coefficient (Wildman–Crippen LogP) is -1.11. The highest BCUT2D eigenvalue weighted by Crippen LogP contribution is 2.05. The highest BCUT2D eigenvalue weighted by atomic mass is 16.2. The summed E-state index contributed by atoms with van der Waals surface area (Å²) >= 11 is 0. The summed E-state index contributed by atoms with van der Waals surface area (Å²) in [6, 6.07) is -0.744. The normalized spacial score (nSPS) is 24.2. The van der Waals surface area contributed by atoms with Crippen molar-refractivity contribution in [3.63, 3.8) is 0 Å². The average molecular weight is 157 g/mol. The summed E-state index contributed by atoms with van der Waals surface area (Å²) in [5, 5.41) is 2.51. The van der Waals surface area contributed by atoms with Crippen LogP contribution in [0.4, 0.5) is 4.79 Å². The van der Waals surface area contributed by atoms with Crippen LogP contribution in [-0.4, -0.2) is 36.5 Å². The van der Waals surface area contributed by atoms with Crippen LogP contribution in [0.5, 0.6) is 0 Å². The maximum atomic E-state index is 11.1. The van der Waals surface area contributed by atoms with Crippen LogP contribution in [0.2, 0.25) is 0 Å². The van der Waals surface area contributed by atoms with E-state index in [0.717, 1.165) is 4.90 Å². The smallest absolute Gasteiger partial charge is 0.324 e. The Morgan fingerprint density at radius 2 is 2.27 bits per heavy atom. The number of imide groups is 1. The van der Waals surface area contributed by atoms with Crippen molar-refractivity contribution in [2.45, 2.75) is 12.5 Å². The Morgan fingerprint density at radius 3 is 2.64 bits per heavy atom. The van der Waals surface area contributed by atoms with E-state index in [-0.39, 0.29) is 11.9 Å². The molecule has 62 valence electrons. The number of hydrogen-bond donors (Lipinski definition) is 2. The standard InChI is InChI=1S/C6H11N3O2/c1-9-5(10)4(2-3-7)8-6(9)11/h4H,2-3,7H2,1H3,(H,8,11). The van der Waals surface area contributed by atoms with Gasteiger partial charge in [-0.25, -0.2) is 4.79 Å². The molecule has 1 rings (SSSR count). The highest BCUT2D eigenvalue weighted by molar-refractivity contribution is 6.03. The van der Waals surface area contributed by atoms with Crippen LogP contribution in [0.15, 0.2) is 0 Å². The van der Waals surface area contributed by atoms with Gasteiger partial charge in [0.1, 0.15) is 6.04 Å². The molecule has 1 aliphatic rings. The molecule has 11 heavy (non-hydrogen) atoms. The van der Waals surface area contributed by atoms with Crippen molar-refractivity contribution in [1.82, 2.24) is 10.2 Å². The van der Waals surface area contributed by atoms with Gasteiger partial charge in [0.2, 0.25) is 0 Å². The largest absolute Gasteiger partial charge is 0.330 e. The SMILES string of the molecule is CN1C(=O)NC(CCN)C1=O. The lowest BCUT2D eigenvalue weighted by molar-refractivity contribution is -0.126. The molecule has 5 heteroatoms. The number of nitrogens with zero attached hydrogens (tertiary/aromatic N) is 1. The van der Waals surface area contributed by atoms with Crippen molar-refractivity contribution >= 4 is 11.9 Å². The van der Waals surface area contributed by atoms with E-state index in [1.807, 2.05) is 0 Å². The zero-order valence-electron chi connectivity index (χ0n) is 6.33. The summed E-state index contributed by atoms with van der Waals surface area (Å²) < 4.78 is 0. The Balaban J connectivity index is 2.60. The molecule has 1 fully saturated rings. The Morgan fingerprint density at radius 1 is 1.64 bits per heavy atom. The summed E-state index contributed by atoms with van der Waals surface area (Å²) in [5.41, 5.74) is 5.24. The van der Waals surface area contributed by atoms with E-state index in [2.05, 4.69) is 5.32 Å². The number of urea groups is 1. The van der Waals surface area contributed by atoms with Gasteiger partial charge in [0.15, 0.2) is 0 Å². The Labute approximate surface area is 64.5 Å². The second-order valence-corrected chi connectivity index (χ2v) is 2.48. The fraction of sp³-hybridized carbons (Fsp3) is 0.667. The van der Waals surface area contributed by atoms with Gasteiger partial charge in [0.05, 0.1) is 0 Å². The first-order chi connectivity index (χ1) is 5.16. The lowest BCUT2D eigenvalue weighted by Crippen LogP contribution is -2.31. The van der Waals surface area contributed by atoms with Crippen molar-refractivity contribution < 1.29 is 9.59 Å². The summed E-state index contributed by atoms with van der Waals surface area (Å²) in [6.07, 6.45) is 0.509. The number of likely N-dealkylation sites (N-methyl/N-ethyl adjacent to an activating group) is 1. The minimum atomic E-state index is -0.405. The van der Waals surface area contributed by atoms with Crippen LogP contribution in [0.25, 0.3) is 0 Å². The number of rotatable bonds is 2. The Hall–Kier alpha value is -1.10. The minimum Gasteiger partial charge on any atom is -0.330 e. The molecule has 0 aliphatic carbocycles. The first-order valence-corrected chi connectivity index (χ1v) is 3.45. The molecule has 1 unspecified atom stereocenters. The van der Waals surface area contributed by atoms with Crippen molar-refractivity contribution in [3.05, 3.63) is 0 Å². The molecular formula is C6H11N3O2. The van der Waals surface area contributed by atoms with Crippen LogP contribution in [0, 0.1) is 0 Å². The van der Waals surface area contributed by atoms with Gasteiger partial charge >= 0.3 is 6.03 Å². The van der Waals surface area contributed by atoms with Crippen LogP contribution in [0.3, 0.4) is 0 Å². The number of carbonyl (C=O) groups excluding carboxylic acids is 2. The van der Waals surface area contributed by atoms with Crippen LogP contribution in [0.1, 0.15) is 6.42 Å². The maximum absolute atomic E-state index is 11.1. The molecular weight excluding hydrogens is 146 g/mol. The average Bonchev–Trinajstić information content (AvgIpc) is 2.19. The summed E-state index contributed by atoms with van der Waals surface area (Å²) in [6.45, 7) is 0.407. The quantitative estimate of drug-likeness (QED) is 0.499. The number of nitrogens with one attached hydrogen (secondary N) is 1.